The second-order valence-corrected chi connectivity index (χ2v) is 7.79. The van der Waals surface area contributed by atoms with Crippen molar-refractivity contribution in [2.24, 2.45) is 5.41 Å². The van der Waals surface area contributed by atoms with Crippen molar-refractivity contribution in [3.05, 3.63) is 29.8 Å². The number of hydrogen-bond donors (Lipinski definition) is 2. The summed E-state index contributed by atoms with van der Waals surface area (Å²) in [5.41, 5.74) is 0.194. The first-order chi connectivity index (χ1) is 11.7. The summed E-state index contributed by atoms with van der Waals surface area (Å²) in [6.07, 6.45) is 1.44. The standard InChI is InChI=1S/C19H29N3O3/c1-19(2,13-21(3)4)12-20-17(24)15-9-7-11-22(15)18(25)14-8-5-6-10-16(14)23/h5-6,8,10,15,23H,7,9,11-13H2,1-4H3,(H,20,24). The van der Waals surface area contributed by atoms with Crippen molar-refractivity contribution in [1.29, 1.82) is 0 Å². The molecule has 0 aromatic heterocycles. The lowest BCUT2D eigenvalue weighted by molar-refractivity contribution is -0.125. The number of amides is 2. The Morgan fingerprint density at radius 1 is 1.32 bits per heavy atom. The van der Waals surface area contributed by atoms with E-state index < -0.39 is 6.04 Å². The monoisotopic (exact) mass is 347 g/mol. The van der Waals surface area contributed by atoms with Gasteiger partial charge in [-0.1, -0.05) is 26.0 Å². The molecule has 6 nitrogen and oxygen atoms in total. The van der Waals surface area contributed by atoms with E-state index in [1.54, 1.807) is 23.1 Å². The predicted molar refractivity (Wildman–Crippen MR) is 97.5 cm³/mol. The molecule has 1 unspecified atom stereocenters. The average Bonchev–Trinajstić information content (AvgIpc) is 3.01. The number of para-hydroxylation sites is 1. The highest BCUT2D eigenvalue weighted by Crippen LogP contribution is 2.24. The molecule has 138 valence electrons. The molecule has 1 saturated heterocycles. The fourth-order valence-electron chi connectivity index (χ4n) is 3.45. The van der Waals surface area contributed by atoms with Gasteiger partial charge in [0.2, 0.25) is 5.91 Å². The van der Waals surface area contributed by atoms with E-state index in [1.165, 1.54) is 6.07 Å². The molecule has 25 heavy (non-hydrogen) atoms. The Morgan fingerprint density at radius 2 is 2.00 bits per heavy atom. The second kappa shape index (κ2) is 7.87. The average molecular weight is 347 g/mol. The molecular weight excluding hydrogens is 318 g/mol. The zero-order chi connectivity index (χ0) is 18.6. The summed E-state index contributed by atoms with van der Waals surface area (Å²) >= 11 is 0. The van der Waals surface area contributed by atoms with Crippen LogP contribution in [-0.2, 0) is 4.79 Å². The number of carbonyl (C=O) groups is 2. The molecule has 0 aliphatic carbocycles. The van der Waals surface area contributed by atoms with E-state index in [9.17, 15) is 14.7 Å². The number of phenols is 1. The highest BCUT2D eigenvalue weighted by atomic mass is 16.3. The molecule has 2 amide bonds. The fourth-order valence-corrected chi connectivity index (χ4v) is 3.45. The molecular formula is C19H29N3O3. The fraction of sp³-hybridized carbons (Fsp3) is 0.579. The molecule has 1 aliphatic heterocycles. The molecule has 1 aromatic carbocycles. The Bertz CT molecular complexity index is 628. The topological polar surface area (TPSA) is 72.9 Å². The van der Waals surface area contributed by atoms with Crippen LogP contribution in [0.5, 0.6) is 5.75 Å². The smallest absolute Gasteiger partial charge is 0.258 e. The first kappa shape index (κ1) is 19.2. The van der Waals surface area contributed by atoms with Crippen LogP contribution in [0.25, 0.3) is 0 Å². The number of nitrogens with zero attached hydrogens (tertiary/aromatic N) is 2. The minimum atomic E-state index is -0.470. The van der Waals surface area contributed by atoms with Crippen molar-refractivity contribution < 1.29 is 14.7 Å². The van der Waals surface area contributed by atoms with E-state index in [4.69, 9.17) is 0 Å². The van der Waals surface area contributed by atoms with E-state index >= 15 is 0 Å². The van der Waals surface area contributed by atoms with Gasteiger partial charge in [-0.2, -0.15) is 0 Å². The van der Waals surface area contributed by atoms with Crippen molar-refractivity contribution in [1.82, 2.24) is 15.1 Å². The lowest BCUT2D eigenvalue weighted by Crippen LogP contribution is -2.49. The van der Waals surface area contributed by atoms with E-state index in [1.807, 2.05) is 14.1 Å². The van der Waals surface area contributed by atoms with Gasteiger partial charge in [0.25, 0.3) is 5.91 Å². The Balaban J connectivity index is 2.02. The first-order valence-electron chi connectivity index (χ1n) is 8.73. The van der Waals surface area contributed by atoms with Gasteiger partial charge in [-0.05, 0) is 44.5 Å². The number of nitrogens with one attached hydrogen (secondary N) is 1. The Hall–Kier alpha value is -2.08. The second-order valence-electron chi connectivity index (χ2n) is 7.79. The molecule has 2 rings (SSSR count). The molecule has 1 aliphatic rings. The van der Waals surface area contributed by atoms with E-state index in [0.29, 0.717) is 19.5 Å². The Morgan fingerprint density at radius 3 is 2.64 bits per heavy atom. The molecule has 1 aromatic rings. The summed E-state index contributed by atoms with van der Waals surface area (Å²) in [5, 5.41) is 12.9. The molecule has 1 atom stereocenters. The van der Waals surface area contributed by atoms with Crippen LogP contribution in [-0.4, -0.2) is 66.5 Å². The molecule has 6 heteroatoms. The van der Waals surface area contributed by atoms with Crippen LogP contribution in [0.3, 0.4) is 0 Å². The van der Waals surface area contributed by atoms with Crippen molar-refractivity contribution in [3.8, 4) is 5.75 Å². The van der Waals surface area contributed by atoms with Gasteiger partial charge in [-0.15, -0.1) is 0 Å². The van der Waals surface area contributed by atoms with Gasteiger partial charge in [-0.25, -0.2) is 0 Å². The molecule has 0 radical (unpaired) electrons. The van der Waals surface area contributed by atoms with E-state index in [-0.39, 0.29) is 28.5 Å². The van der Waals surface area contributed by atoms with E-state index in [0.717, 1.165) is 13.0 Å². The normalized spacial score (nSPS) is 17.8. The summed E-state index contributed by atoms with van der Waals surface area (Å²) in [7, 11) is 4.01. The van der Waals surface area contributed by atoms with Crippen LogP contribution in [0.2, 0.25) is 0 Å². The van der Waals surface area contributed by atoms with Gasteiger partial charge >= 0.3 is 0 Å². The van der Waals surface area contributed by atoms with Crippen LogP contribution in [0.4, 0.5) is 0 Å². The number of aromatic hydroxyl groups is 1. The minimum absolute atomic E-state index is 0.0503. The van der Waals surface area contributed by atoms with Crippen molar-refractivity contribution >= 4 is 11.8 Å². The van der Waals surface area contributed by atoms with Crippen LogP contribution < -0.4 is 5.32 Å². The zero-order valence-electron chi connectivity index (χ0n) is 15.6. The lowest BCUT2D eigenvalue weighted by atomic mass is 9.93. The van der Waals surface area contributed by atoms with Crippen molar-refractivity contribution in [2.75, 3.05) is 33.7 Å². The molecule has 0 bridgehead atoms. The van der Waals surface area contributed by atoms with Gasteiger partial charge < -0.3 is 20.2 Å². The number of benzene rings is 1. The number of likely N-dealkylation sites (tertiary alicyclic amines) is 1. The van der Waals surface area contributed by atoms with Gasteiger partial charge in [-0.3, -0.25) is 9.59 Å². The minimum Gasteiger partial charge on any atom is -0.507 e. The van der Waals surface area contributed by atoms with Crippen molar-refractivity contribution in [3.63, 3.8) is 0 Å². The third kappa shape index (κ3) is 4.95. The molecule has 2 N–H and O–H groups in total. The number of rotatable bonds is 6. The van der Waals surface area contributed by atoms with Gasteiger partial charge in [0.1, 0.15) is 11.8 Å². The third-order valence-corrected chi connectivity index (χ3v) is 4.44. The number of phenolic OH excluding ortho intramolecular Hbond substituents is 1. The molecule has 1 heterocycles. The maximum absolute atomic E-state index is 12.7. The van der Waals surface area contributed by atoms with Gasteiger partial charge in [0, 0.05) is 19.6 Å². The largest absolute Gasteiger partial charge is 0.507 e. The zero-order valence-corrected chi connectivity index (χ0v) is 15.6. The summed E-state index contributed by atoms with van der Waals surface area (Å²) in [5.74, 6) is -0.456. The van der Waals surface area contributed by atoms with Crippen LogP contribution >= 0.6 is 0 Å². The van der Waals surface area contributed by atoms with Gasteiger partial charge in [0.05, 0.1) is 5.56 Å². The lowest BCUT2D eigenvalue weighted by Gasteiger charge is -2.30. The van der Waals surface area contributed by atoms with Gasteiger partial charge in [0.15, 0.2) is 0 Å². The number of carbonyl (C=O) groups excluding carboxylic acids is 2. The molecule has 1 fully saturated rings. The SMILES string of the molecule is CN(C)CC(C)(C)CNC(=O)C1CCCN1C(=O)c1ccccc1O. The quantitative estimate of drug-likeness (QED) is 0.822. The summed E-state index contributed by atoms with van der Waals surface area (Å²) in [6, 6.07) is 5.99. The summed E-state index contributed by atoms with van der Waals surface area (Å²) < 4.78 is 0. The Kier molecular flexibility index (Phi) is 6.06. The summed E-state index contributed by atoms with van der Waals surface area (Å²) in [4.78, 5) is 29.0. The number of hydrogen-bond acceptors (Lipinski definition) is 4. The predicted octanol–water partition coefficient (Wildman–Crippen LogP) is 1.70. The molecule has 0 saturated carbocycles. The maximum Gasteiger partial charge on any atom is 0.258 e. The van der Waals surface area contributed by atoms with E-state index in [2.05, 4.69) is 24.1 Å². The highest BCUT2D eigenvalue weighted by Gasteiger charge is 2.35. The van der Waals surface area contributed by atoms with Crippen LogP contribution in [0.1, 0.15) is 37.0 Å². The molecule has 0 spiro atoms. The first-order valence-corrected chi connectivity index (χ1v) is 8.73. The van der Waals surface area contributed by atoms with Crippen LogP contribution in [0, 0.1) is 5.41 Å². The summed E-state index contributed by atoms with van der Waals surface area (Å²) in [6.45, 7) is 6.16. The highest BCUT2D eigenvalue weighted by molar-refractivity contribution is 5.99. The third-order valence-electron chi connectivity index (χ3n) is 4.44. The Labute approximate surface area is 149 Å². The maximum atomic E-state index is 12.7. The van der Waals surface area contributed by atoms with Crippen LogP contribution in [0.15, 0.2) is 24.3 Å². The van der Waals surface area contributed by atoms with Crippen molar-refractivity contribution in [2.45, 2.75) is 32.7 Å².